The maximum atomic E-state index is 0. The van der Waals surface area contributed by atoms with Crippen LogP contribution < -0.4 is 0 Å². The van der Waals surface area contributed by atoms with Crippen LogP contribution in [0.15, 0.2) is 0 Å². The molecule has 0 aliphatic carbocycles. The first-order valence-electron chi connectivity index (χ1n) is 0. The van der Waals surface area contributed by atoms with Crippen molar-refractivity contribution >= 4 is 69.8 Å². The Morgan fingerprint density at radius 3 is 0.833 bits per heavy atom. The Morgan fingerprint density at radius 1 is 0.833 bits per heavy atom. The van der Waals surface area contributed by atoms with Crippen molar-refractivity contribution in [3.8, 4) is 0 Å². The second kappa shape index (κ2) is 44.2. The van der Waals surface area contributed by atoms with Gasteiger partial charge >= 0.3 is 40.6 Å². The second-order valence-electron chi connectivity index (χ2n) is 0. The van der Waals surface area contributed by atoms with Crippen LogP contribution in [-0.4, -0.2) is 69.8 Å². The van der Waals surface area contributed by atoms with E-state index in [0.717, 1.165) is 0 Å². The molecule has 0 atom stereocenters. The summed E-state index contributed by atoms with van der Waals surface area (Å²) in [6, 6.07) is 0. The fraction of sp³-hybridized carbons (Fsp3) is 0. The van der Waals surface area contributed by atoms with Gasteiger partial charge in [-0.1, -0.05) is 0 Å². The normalized spacial score (nSPS) is 0. The van der Waals surface area contributed by atoms with Gasteiger partial charge in [0.15, 0.2) is 0 Å². The van der Waals surface area contributed by atoms with Gasteiger partial charge in [-0.2, -0.15) is 0 Å². The minimum absolute atomic E-state index is 0. The molecule has 0 rings (SSSR count). The molecule has 0 bridgehead atoms. The summed E-state index contributed by atoms with van der Waals surface area (Å²) in [7, 11) is 0. The van der Waals surface area contributed by atoms with Crippen LogP contribution >= 0.6 is 0 Å². The monoisotopic (exact) mass is 426 g/mol. The SMILES string of the molecule is [LiH].[O-2].[O-2].[Pb].[Te].[Ti+4]. The summed E-state index contributed by atoms with van der Waals surface area (Å²) in [6.45, 7) is 0. The second-order valence-corrected chi connectivity index (χ2v) is 0. The third kappa shape index (κ3) is 28.3. The van der Waals surface area contributed by atoms with Gasteiger partial charge in [-0.25, -0.2) is 0 Å². The molecule has 0 fully saturated rings. The maximum Gasteiger partial charge on any atom is 4.00 e. The first-order chi connectivity index (χ1) is 0. The molecule has 0 N–H and O–H groups in total. The molecule has 28 valence electrons. The van der Waals surface area contributed by atoms with E-state index in [4.69, 9.17) is 0 Å². The van der Waals surface area contributed by atoms with E-state index in [-0.39, 0.29) is 102 Å². The predicted molar refractivity (Wildman–Crippen MR) is 20.0 cm³/mol. The van der Waals surface area contributed by atoms with E-state index < -0.39 is 0 Å². The summed E-state index contributed by atoms with van der Waals surface area (Å²) < 4.78 is 0. The van der Waals surface area contributed by atoms with Gasteiger partial charge in [-0.15, -0.1) is 0 Å². The van der Waals surface area contributed by atoms with Crippen LogP contribution in [0.3, 0.4) is 0 Å². The van der Waals surface area contributed by atoms with Crippen molar-refractivity contribution in [1.29, 1.82) is 0 Å². The van der Waals surface area contributed by atoms with Gasteiger partial charge in [0, 0.05) is 51.0 Å². The Kier molecular flexibility index (Phi) is 480. The number of hydrogen-bond donors (Lipinski definition) is 0. The van der Waals surface area contributed by atoms with Crippen LogP contribution in [0, 0.1) is 0 Å². The molecule has 2 nitrogen and oxygen atoms in total. The van der Waals surface area contributed by atoms with E-state index >= 15 is 0 Å². The molecule has 0 aromatic rings. The smallest absolute Gasteiger partial charge is 2.00 e. The molecule has 0 heterocycles. The van der Waals surface area contributed by atoms with Crippen molar-refractivity contribution in [2.45, 2.75) is 0 Å². The Bertz CT molecular complexity index is 13.5. The average Bonchev–Trinajstić information content (AvgIpc) is 0. The van der Waals surface area contributed by atoms with Crippen LogP contribution in [0.1, 0.15) is 0 Å². The minimum Gasteiger partial charge on any atom is -2.00 e. The largest absolute Gasteiger partial charge is 4.00 e. The van der Waals surface area contributed by atoms with Gasteiger partial charge in [0.1, 0.15) is 0 Å². The molecule has 0 aromatic heterocycles. The molecule has 6 radical (unpaired) electrons. The quantitative estimate of drug-likeness (QED) is 0.420. The standard InChI is InChI=1S/Li.2O.Pb.Te.Ti.H/q;2*-2;;;+4;. The van der Waals surface area contributed by atoms with Crippen molar-refractivity contribution in [2.24, 2.45) is 0 Å². The summed E-state index contributed by atoms with van der Waals surface area (Å²) in [5.74, 6) is 0. The minimum atomic E-state index is 0. The molecule has 0 spiro atoms. The van der Waals surface area contributed by atoms with Gasteiger partial charge < -0.3 is 11.0 Å². The Balaban J connectivity index is 0. The summed E-state index contributed by atoms with van der Waals surface area (Å²) in [6.07, 6.45) is 0. The van der Waals surface area contributed by atoms with Gasteiger partial charge in [-0.05, 0) is 0 Å². The van der Waals surface area contributed by atoms with Crippen LogP contribution in [0.2, 0.25) is 0 Å². The van der Waals surface area contributed by atoms with E-state index in [9.17, 15) is 0 Å². The van der Waals surface area contributed by atoms with E-state index in [0.29, 0.717) is 0 Å². The molecule has 0 saturated carbocycles. The maximum absolute atomic E-state index is 0. The van der Waals surface area contributed by atoms with E-state index in [2.05, 4.69) is 0 Å². The molecule has 0 saturated heterocycles. The van der Waals surface area contributed by atoms with Crippen molar-refractivity contribution in [3.05, 3.63) is 0 Å². The van der Waals surface area contributed by atoms with Gasteiger partial charge in [0.25, 0.3) is 0 Å². The summed E-state index contributed by atoms with van der Waals surface area (Å²) in [5.41, 5.74) is 0. The van der Waals surface area contributed by atoms with Crippen molar-refractivity contribution in [1.82, 2.24) is 0 Å². The molecule has 0 aliphatic rings. The molecular formula is HLiO2PbTeTi. The Hall–Kier alpha value is 2.94. The molecule has 6 heteroatoms. The first kappa shape index (κ1) is 65.1. The van der Waals surface area contributed by atoms with Crippen molar-refractivity contribution in [2.75, 3.05) is 0 Å². The topological polar surface area (TPSA) is 57.0 Å². The van der Waals surface area contributed by atoms with Gasteiger partial charge in [0.2, 0.25) is 0 Å². The predicted octanol–water partition coefficient (Wildman–Crippen LogP) is -1.65. The van der Waals surface area contributed by atoms with E-state index in [1.807, 2.05) is 0 Å². The van der Waals surface area contributed by atoms with Crippen LogP contribution in [0.5, 0.6) is 0 Å². The van der Waals surface area contributed by atoms with Crippen LogP contribution in [0.25, 0.3) is 0 Å². The summed E-state index contributed by atoms with van der Waals surface area (Å²) >= 11 is 0. The molecule has 0 aliphatic heterocycles. The number of hydrogen-bond acceptors (Lipinski definition) is 0. The van der Waals surface area contributed by atoms with E-state index in [1.54, 1.807) is 0 Å². The van der Waals surface area contributed by atoms with Gasteiger partial charge in [-0.3, -0.25) is 0 Å². The van der Waals surface area contributed by atoms with E-state index in [1.165, 1.54) is 0 Å². The first-order valence-corrected chi connectivity index (χ1v) is 0. The zero-order valence-corrected chi connectivity index (χ0v) is 10.0. The van der Waals surface area contributed by atoms with Crippen molar-refractivity contribution < 1.29 is 32.7 Å². The molecule has 6 heavy (non-hydrogen) atoms. The van der Waals surface area contributed by atoms with Gasteiger partial charge in [0.05, 0.1) is 0 Å². The molecular weight excluding hydrogens is 422 g/mol. The molecule has 0 amide bonds. The zero-order valence-electron chi connectivity index (χ0n) is 2.22. The third-order valence-corrected chi connectivity index (χ3v) is 0. The average molecular weight is 423 g/mol. The summed E-state index contributed by atoms with van der Waals surface area (Å²) in [5, 5.41) is 0. The Labute approximate surface area is 101 Å². The molecule has 0 aromatic carbocycles. The molecule has 0 unspecified atom stereocenters. The fourth-order valence-corrected chi connectivity index (χ4v) is 0. The Morgan fingerprint density at radius 2 is 0.833 bits per heavy atom. The number of rotatable bonds is 0. The summed E-state index contributed by atoms with van der Waals surface area (Å²) in [4.78, 5) is 0. The van der Waals surface area contributed by atoms with Crippen LogP contribution in [-0.2, 0) is 32.7 Å². The fourth-order valence-electron chi connectivity index (χ4n) is 0. The third-order valence-electron chi connectivity index (χ3n) is 0. The zero-order chi connectivity index (χ0) is 0. The van der Waals surface area contributed by atoms with Crippen molar-refractivity contribution in [3.63, 3.8) is 0 Å². The van der Waals surface area contributed by atoms with Crippen LogP contribution in [0.4, 0.5) is 0 Å².